The summed E-state index contributed by atoms with van der Waals surface area (Å²) >= 11 is 0. The molecule has 0 fully saturated rings. The van der Waals surface area contributed by atoms with E-state index in [0.29, 0.717) is 31.6 Å². The fourth-order valence-electron chi connectivity index (χ4n) is 11.6. The predicted octanol–water partition coefficient (Wildman–Crippen LogP) is 22.9. The van der Waals surface area contributed by atoms with Gasteiger partial charge in [-0.05, 0) is 69.1 Å². The summed E-state index contributed by atoms with van der Waals surface area (Å²) < 4.78 is 68.6. The van der Waals surface area contributed by atoms with Crippen LogP contribution in [0.25, 0.3) is 0 Å². The molecule has 0 aliphatic rings. The molecule has 98 heavy (non-hydrogen) atoms. The molecule has 0 saturated carbocycles. The number of phosphoric ester groups is 2. The number of unbranched alkanes of at least 4 members (excludes halogenated alkanes) is 40. The van der Waals surface area contributed by atoms with Gasteiger partial charge in [0.2, 0.25) is 0 Å². The van der Waals surface area contributed by atoms with Crippen molar-refractivity contribution in [1.29, 1.82) is 0 Å². The number of carbonyl (C=O) groups excluding carboxylic acids is 4. The van der Waals surface area contributed by atoms with Gasteiger partial charge in [-0.25, -0.2) is 9.13 Å². The molecule has 19 heteroatoms. The molecular formula is C79H150O17P2. The number of phosphoric acid groups is 2. The van der Waals surface area contributed by atoms with Crippen LogP contribution in [0.1, 0.15) is 382 Å². The standard InChI is InChI=1S/C79H150O17P2/c1-8-9-10-11-12-13-14-15-18-22-27-33-40-48-55-62-79(84)96-75(67-90-77(82)61-54-47-42-35-38-45-52-59-72(6)7)69-94-98(87,88)92-65-73(80)64-91-97(85,86)93-68-74(66-89-76(81)60-53-46-39-32-29-24-26-31-37-44-51-58-71(4)5)95-78(83)63-56-49-41-34-28-23-20-17-16-19-21-25-30-36-43-50-57-70(2)3/h13-15,18,70-75,80H,8-12,16-17,19-69H2,1-7H3,(H,85,86)(H,87,88)/b14-13-,18-15-/t73?,74-,75-/m1/s1. The van der Waals surface area contributed by atoms with Gasteiger partial charge in [0.25, 0.3) is 0 Å². The van der Waals surface area contributed by atoms with E-state index in [2.05, 4.69) is 72.8 Å². The Bertz CT molecular complexity index is 2000. The lowest BCUT2D eigenvalue weighted by Crippen LogP contribution is -2.30. The van der Waals surface area contributed by atoms with E-state index >= 15 is 0 Å². The first-order valence-corrected chi connectivity index (χ1v) is 43.2. The van der Waals surface area contributed by atoms with Crippen molar-refractivity contribution in [1.82, 2.24) is 0 Å². The van der Waals surface area contributed by atoms with Gasteiger partial charge in [0.15, 0.2) is 12.2 Å². The number of carbonyl (C=O) groups is 4. The number of rotatable bonds is 75. The quantitative estimate of drug-likeness (QED) is 0.0169. The summed E-state index contributed by atoms with van der Waals surface area (Å²) in [6.45, 7) is 11.8. The zero-order chi connectivity index (χ0) is 72.3. The number of hydrogen-bond donors (Lipinski definition) is 3. The summed E-state index contributed by atoms with van der Waals surface area (Å²) in [6.07, 6.45) is 59.2. The molecule has 0 amide bonds. The van der Waals surface area contributed by atoms with Crippen molar-refractivity contribution in [2.24, 2.45) is 17.8 Å². The molecule has 5 atom stereocenters. The van der Waals surface area contributed by atoms with E-state index in [1.165, 1.54) is 173 Å². The van der Waals surface area contributed by atoms with Gasteiger partial charge in [-0.2, -0.15) is 0 Å². The monoisotopic (exact) mass is 1430 g/mol. The molecular weight excluding hydrogens is 1280 g/mol. The van der Waals surface area contributed by atoms with E-state index in [1.807, 2.05) is 0 Å². The first-order valence-electron chi connectivity index (χ1n) is 40.2. The molecule has 0 radical (unpaired) electrons. The minimum Gasteiger partial charge on any atom is -0.462 e. The Labute approximate surface area is 599 Å². The van der Waals surface area contributed by atoms with Crippen LogP contribution >= 0.6 is 15.6 Å². The van der Waals surface area contributed by atoms with Gasteiger partial charge in [-0.15, -0.1) is 0 Å². The van der Waals surface area contributed by atoms with E-state index in [-0.39, 0.29) is 25.7 Å². The summed E-state index contributed by atoms with van der Waals surface area (Å²) in [5.74, 6) is 0.134. The topological polar surface area (TPSA) is 237 Å². The second-order valence-corrected chi connectivity index (χ2v) is 32.1. The Morgan fingerprint density at radius 3 is 0.827 bits per heavy atom. The smallest absolute Gasteiger partial charge is 0.462 e. The van der Waals surface area contributed by atoms with Crippen LogP contribution in [-0.2, 0) is 65.4 Å². The van der Waals surface area contributed by atoms with Crippen LogP contribution in [-0.4, -0.2) is 96.7 Å². The van der Waals surface area contributed by atoms with Crippen LogP contribution in [0, 0.1) is 17.8 Å². The number of hydrogen-bond acceptors (Lipinski definition) is 15. The molecule has 0 heterocycles. The minimum atomic E-state index is -4.97. The van der Waals surface area contributed by atoms with Crippen LogP contribution in [0.4, 0.5) is 0 Å². The van der Waals surface area contributed by atoms with Crippen LogP contribution in [0.15, 0.2) is 24.3 Å². The van der Waals surface area contributed by atoms with Crippen molar-refractivity contribution in [3.63, 3.8) is 0 Å². The first kappa shape index (κ1) is 95.5. The number of aliphatic hydroxyl groups is 1. The van der Waals surface area contributed by atoms with Crippen molar-refractivity contribution >= 4 is 39.5 Å². The summed E-state index contributed by atoms with van der Waals surface area (Å²) in [6, 6.07) is 0. The zero-order valence-corrected chi connectivity index (χ0v) is 65.5. The highest BCUT2D eigenvalue weighted by molar-refractivity contribution is 7.47. The molecule has 0 spiro atoms. The Morgan fingerprint density at radius 1 is 0.316 bits per heavy atom. The van der Waals surface area contributed by atoms with Crippen LogP contribution in [0.3, 0.4) is 0 Å². The van der Waals surface area contributed by atoms with Crippen molar-refractivity contribution < 1.29 is 80.2 Å². The minimum absolute atomic E-state index is 0.0841. The molecule has 0 aromatic carbocycles. The zero-order valence-electron chi connectivity index (χ0n) is 63.7. The summed E-state index contributed by atoms with van der Waals surface area (Å²) in [5, 5.41) is 10.6. The molecule has 0 rings (SSSR count). The van der Waals surface area contributed by atoms with E-state index in [0.717, 1.165) is 121 Å². The van der Waals surface area contributed by atoms with Crippen molar-refractivity contribution in [3.8, 4) is 0 Å². The van der Waals surface area contributed by atoms with Crippen molar-refractivity contribution in [2.45, 2.75) is 401 Å². The highest BCUT2D eigenvalue weighted by Crippen LogP contribution is 2.45. The number of esters is 4. The van der Waals surface area contributed by atoms with Gasteiger partial charge in [-0.3, -0.25) is 37.3 Å². The molecule has 0 bridgehead atoms. The lowest BCUT2D eigenvalue weighted by Gasteiger charge is -2.21. The maximum absolute atomic E-state index is 13.1. The van der Waals surface area contributed by atoms with Crippen molar-refractivity contribution in [3.05, 3.63) is 24.3 Å². The average molecular weight is 1430 g/mol. The Morgan fingerprint density at radius 2 is 0.551 bits per heavy atom. The van der Waals surface area contributed by atoms with E-state index in [9.17, 15) is 43.2 Å². The van der Waals surface area contributed by atoms with E-state index in [4.69, 9.17) is 37.0 Å². The Kier molecular flexibility index (Phi) is 67.2. The molecule has 0 aliphatic heterocycles. The van der Waals surface area contributed by atoms with Gasteiger partial charge in [0.1, 0.15) is 19.3 Å². The highest BCUT2D eigenvalue weighted by atomic mass is 31.2. The summed E-state index contributed by atoms with van der Waals surface area (Å²) in [4.78, 5) is 72.9. The summed E-state index contributed by atoms with van der Waals surface area (Å²) in [5.41, 5.74) is 0. The number of ether oxygens (including phenoxy) is 4. The Balaban J connectivity index is 5.27. The number of allylic oxidation sites excluding steroid dienone is 4. The highest BCUT2D eigenvalue weighted by Gasteiger charge is 2.30. The average Bonchev–Trinajstić information content (AvgIpc) is 0.962. The maximum Gasteiger partial charge on any atom is 0.472 e. The van der Waals surface area contributed by atoms with Crippen LogP contribution in [0.2, 0.25) is 0 Å². The molecule has 0 aromatic rings. The fraction of sp³-hybridized carbons (Fsp3) is 0.899. The third-order valence-corrected chi connectivity index (χ3v) is 19.7. The molecule has 0 aliphatic carbocycles. The molecule has 0 saturated heterocycles. The van der Waals surface area contributed by atoms with E-state index in [1.54, 1.807) is 0 Å². The molecule has 3 N–H and O–H groups in total. The van der Waals surface area contributed by atoms with Crippen LogP contribution in [0.5, 0.6) is 0 Å². The third kappa shape index (κ3) is 71.9. The van der Waals surface area contributed by atoms with Gasteiger partial charge < -0.3 is 33.8 Å². The lowest BCUT2D eigenvalue weighted by atomic mass is 10.0. The van der Waals surface area contributed by atoms with Gasteiger partial charge >= 0.3 is 39.5 Å². The van der Waals surface area contributed by atoms with Crippen LogP contribution < -0.4 is 0 Å². The van der Waals surface area contributed by atoms with Gasteiger partial charge in [0, 0.05) is 25.7 Å². The van der Waals surface area contributed by atoms with Gasteiger partial charge in [-0.1, -0.05) is 330 Å². The molecule has 0 aromatic heterocycles. The molecule has 17 nitrogen and oxygen atoms in total. The maximum atomic E-state index is 13.1. The second kappa shape index (κ2) is 68.9. The first-order chi connectivity index (χ1) is 47.2. The lowest BCUT2D eigenvalue weighted by molar-refractivity contribution is -0.161. The predicted molar refractivity (Wildman–Crippen MR) is 400 cm³/mol. The van der Waals surface area contributed by atoms with Crippen molar-refractivity contribution in [2.75, 3.05) is 39.6 Å². The molecule has 578 valence electrons. The second-order valence-electron chi connectivity index (χ2n) is 29.2. The molecule has 3 unspecified atom stereocenters. The normalized spacial score (nSPS) is 14.2. The third-order valence-electron chi connectivity index (χ3n) is 17.8. The van der Waals surface area contributed by atoms with E-state index < -0.39 is 97.5 Å². The fourth-order valence-corrected chi connectivity index (χ4v) is 13.2. The summed E-state index contributed by atoms with van der Waals surface area (Å²) in [7, 11) is -9.93. The largest absolute Gasteiger partial charge is 0.472 e. The van der Waals surface area contributed by atoms with Gasteiger partial charge in [0.05, 0.1) is 26.4 Å². The number of aliphatic hydroxyl groups excluding tert-OH is 1. The SMILES string of the molecule is CCCCCC/C=C\C=C/CCCCCCCC(=O)O[C@H](COC(=O)CCCCCCCCCC(C)C)COP(=O)(O)OCC(O)COP(=O)(O)OC[C@@H](COC(=O)CCCCCCCCCCCCCC(C)C)OC(=O)CCCCCCCCCCCCCCCCCCC(C)C. The Hall–Kier alpha value is -2.46.